The van der Waals surface area contributed by atoms with Crippen LogP contribution in [-0.4, -0.2) is 37.9 Å². The number of nitrogens with one attached hydrogen (secondary N) is 1. The molecule has 11 heteroatoms. The number of carbonyl (C=O) groups is 1. The van der Waals surface area contributed by atoms with E-state index in [1.807, 2.05) is 6.07 Å². The highest BCUT2D eigenvalue weighted by molar-refractivity contribution is 6.08. The zero-order valence-electron chi connectivity index (χ0n) is 18.4. The number of nitrogens with zero attached hydrogens (tertiary/aromatic N) is 4. The topological polar surface area (TPSA) is 121 Å². The number of fused-ring (bicyclic) bond motifs is 1. The van der Waals surface area contributed by atoms with E-state index in [-0.39, 0.29) is 34.2 Å². The van der Waals surface area contributed by atoms with E-state index in [1.165, 1.54) is 10.7 Å². The van der Waals surface area contributed by atoms with Gasteiger partial charge < -0.3 is 14.6 Å². The van der Waals surface area contributed by atoms with Crippen molar-refractivity contribution in [1.29, 1.82) is 0 Å². The number of para-hydroxylation sites is 1. The molecular weight excluding hydrogens is 457 g/mol. The first-order valence-corrected chi connectivity index (χ1v) is 11.0. The van der Waals surface area contributed by atoms with E-state index in [2.05, 4.69) is 10.4 Å². The highest BCUT2D eigenvalue weighted by Gasteiger charge is 2.26. The van der Waals surface area contributed by atoms with Gasteiger partial charge in [0.1, 0.15) is 5.69 Å². The summed E-state index contributed by atoms with van der Waals surface area (Å²) in [6.07, 6.45) is 4.96. The van der Waals surface area contributed by atoms with Crippen LogP contribution in [0, 0.1) is 15.9 Å². The van der Waals surface area contributed by atoms with Gasteiger partial charge in [-0.25, -0.2) is 0 Å². The van der Waals surface area contributed by atoms with Crippen molar-refractivity contribution >= 4 is 17.3 Å². The highest BCUT2D eigenvalue weighted by Crippen LogP contribution is 2.26. The van der Waals surface area contributed by atoms with Crippen molar-refractivity contribution in [1.82, 2.24) is 14.3 Å². The Balaban J connectivity index is 1.58. The van der Waals surface area contributed by atoms with Crippen LogP contribution in [0.25, 0.3) is 16.9 Å². The summed E-state index contributed by atoms with van der Waals surface area (Å²) in [7, 11) is 0. The third-order valence-corrected chi connectivity index (χ3v) is 5.81. The molecule has 0 radical (unpaired) electrons. The fourth-order valence-electron chi connectivity index (χ4n) is 4.13. The van der Waals surface area contributed by atoms with Gasteiger partial charge in [-0.15, -0.1) is 0 Å². The minimum Gasteiger partial charge on any atom is -0.376 e. The van der Waals surface area contributed by atoms with Gasteiger partial charge in [-0.3, -0.25) is 19.7 Å². The lowest BCUT2D eigenvalue weighted by atomic mass is 10.1. The maximum absolute atomic E-state index is 13.7. The second-order valence-electron chi connectivity index (χ2n) is 8.20. The molecule has 0 aromatic heterocycles. The lowest BCUT2D eigenvalue weighted by molar-refractivity contribution is -0.387. The second kappa shape index (κ2) is 9.11. The van der Waals surface area contributed by atoms with Crippen LogP contribution in [-0.2, 0) is 11.3 Å². The number of ether oxygens (including phenoxy) is 1. The first-order valence-electron chi connectivity index (χ1n) is 11.0. The average Bonchev–Trinajstić information content (AvgIpc) is 3.48. The molecule has 10 nitrogen and oxygen atoms in total. The third-order valence-electron chi connectivity index (χ3n) is 5.81. The van der Waals surface area contributed by atoms with E-state index in [0.717, 1.165) is 25.0 Å². The van der Waals surface area contributed by atoms with Gasteiger partial charge in [0.15, 0.2) is 0 Å². The molecule has 1 N–H and O–H groups in total. The summed E-state index contributed by atoms with van der Waals surface area (Å²) in [6.45, 7) is 1.09. The average molecular weight is 477 g/mol. The monoisotopic (exact) mass is 477 g/mol. The maximum Gasteiger partial charge on any atom is 0.306 e. The molecule has 2 aromatic carbocycles. The smallest absolute Gasteiger partial charge is 0.306 e. The van der Waals surface area contributed by atoms with Gasteiger partial charge >= 0.3 is 5.69 Å². The predicted molar refractivity (Wildman–Crippen MR) is 124 cm³/mol. The molecule has 3 aliphatic rings. The summed E-state index contributed by atoms with van der Waals surface area (Å²) in [5, 5.41) is 18.0. The lowest BCUT2D eigenvalue weighted by Gasteiger charge is -2.16. The highest BCUT2D eigenvalue weighted by atomic mass is 19.1. The van der Waals surface area contributed by atoms with Crippen molar-refractivity contribution in [3.8, 4) is 16.9 Å². The van der Waals surface area contributed by atoms with E-state index in [9.17, 15) is 24.1 Å². The van der Waals surface area contributed by atoms with E-state index in [4.69, 9.17) is 4.74 Å². The number of benzene rings is 2. The van der Waals surface area contributed by atoms with Crippen molar-refractivity contribution in [3.05, 3.63) is 92.8 Å². The van der Waals surface area contributed by atoms with Gasteiger partial charge in [0.2, 0.25) is 5.82 Å². The zero-order chi connectivity index (χ0) is 24.5. The molecule has 178 valence electrons. The Morgan fingerprint density at radius 3 is 2.74 bits per heavy atom. The first-order chi connectivity index (χ1) is 16.9. The number of pyridine rings is 1. The Labute approximate surface area is 198 Å². The number of amides is 1. The van der Waals surface area contributed by atoms with Crippen molar-refractivity contribution in [2.75, 3.05) is 11.9 Å². The van der Waals surface area contributed by atoms with Gasteiger partial charge in [0.25, 0.3) is 11.5 Å². The van der Waals surface area contributed by atoms with Crippen molar-refractivity contribution in [2.24, 2.45) is 0 Å². The molecule has 1 fully saturated rings. The van der Waals surface area contributed by atoms with E-state index in [1.54, 1.807) is 41.2 Å². The normalized spacial score (nSPS) is 15.4. The molecule has 1 saturated heterocycles. The van der Waals surface area contributed by atoms with Gasteiger partial charge in [0, 0.05) is 37.3 Å². The number of aromatic nitrogens is 3. The van der Waals surface area contributed by atoms with Crippen LogP contribution in [0.15, 0.2) is 65.7 Å². The molecule has 0 bridgehead atoms. The summed E-state index contributed by atoms with van der Waals surface area (Å²) in [4.78, 5) is 36.7. The zero-order valence-corrected chi connectivity index (χ0v) is 18.4. The van der Waals surface area contributed by atoms with Crippen LogP contribution in [0.2, 0.25) is 0 Å². The number of anilines is 1. The summed E-state index contributed by atoms with van der Waals surface area (Å²) < 4.78 is 22.4. The van der Waals surface area contributed by atoms with Crippen molar-refractivity contribution in [2.45, 2.75) is 25.5 Å². The SMILES string of the molecule is O=C(Nc1ccc(F)c([N+](=O)[O-])c1)c1cn(C[C@H]2CCCO2)cc2c(=O)n(-c3ccccc3)nc1-2. The van der Waals surface area contributed by atoms with Crippen molar-refractivity contribution < 1.29 is 18.8 Å². The van der Waals surface area contributed by atoms with Gasteiger partial charge in [-0.05, 0) is 37.1 Å². The Morgan fingerprint density at radius 1 is 1.23 bits per heavy atom. The largest absolute Gasteiger partial charge is 0.376 e. The molecule has 5 rings (SSSR count). The van der Waals surface area contributed by atoms with Gasteiger partial charge in [0.05, 0.1) is 27.8 Å². The van der Waals surface area contributed by atoms with Crippen LogP contribution in [0.4, 0.5) is 15.8 Å². The first kappa shape index (κ1) is 22.4. The van der Waals surface area contributed by atoms with Crippen molar-refractivity contribution in [3.63, 3.8) is 0 Å². The molecule has 0 spiro atoms. The molecule has 1 amide bonds. The van der Waals surface area contributed by atoms with E-state index < -0.39 is 22.3 Å². The molecule has 1 atom stereocenters. The summed E-state index contributed by atoms with van der Waals surface area (Å²) >= 11 is 0. The number of nitro benzene ring substituents is 1. The summed E-state index contributed by atoms with van der Waals surface area (Å²) in [5.41, 5.74) is -0.0556. The summed E-state index contributed by atoms with van der Waals surface area (Å²) in [6, 6.07) is 11.9. The van der Waals surface area contributed by atoms with Gasteiger partial charge in [-0.1, -0.05) is 18.2 Å². The number of hydrogen-bond acceptors (Lipinski definition) is 6. The van der Waals surface area contributed by atoms with Crippen LogP contribution >= 0.6 is 0 Å². The number of rotatable bonds is 6. The fraction of sp³-hybridized carbons (Fsp3) is 0.208. The van der Waals surface area contributed by atoms with Crippen LogP contribution < -0.4 is 10.9 Å². The molecule has 3 heterocycles. The molecule has 2 aromatic rings. The fourth-order valence-corrected chi connectivity index (χ4v) is 4.13. The Morgan fingerprint density at radius 2 is 2.03 bits per heavy atom. The predicted octanol–water partition coefficient (Wildman–Crippen LogP) is 3.62. The minimum absolute atomic E-state index is 0.0376. The number of nitro groups is 1. The van der Waals surface area contributed by atoms with E-state index >= 15 is 0 Å². The minimum atomic E-state index is -1.01. The quantitative estimate of drug-likeness (QED) is 0.334. The maximum atomic E-state index is 13.7. The van der Waals surface area contributed by atoms with Crippen LogP contribution in [0.3, 0.4) is 0 Å². The van der Waals surface area contributed by atoms with Crippen LogP contribution in [0.1, 0.15) is 23.2 Å². The van der Waals surface area contributed by atoms with Crippen LogP contribution in [0.5, 0.6) is 0 Å². The molecule has 35 heavy (non-hydrogen) atoms. The molecule has 0 aliphatic carbocycles. The Kier molecular flexibility index (Phi) is 5.83. The number of hydrogen-bond donors (Lipinski definition) is 1. The molecule has 0 saturated carbocycles. The molecule has 3 aliphatic heterocycles. The lowest BCUT2D eigenvalue weighted by Crippen LogP contribution is -2.21. The molecular formula is C24H20FN5O5. The Hall–Kier alpha value is -4.38. The Bertz CT molecular complexity index is 1440. The van der Waals surface area contributed by atoms with E-state index in [0.29, 0.717) is 18.8 Å². The van der Waals surface area contributed by atoms with Gasteiger partial charge in [-0.2, -0.15) is 14.2 Å². The number of carbonyl (C=O) groups excluding carboxylic acids is 1. The second-order valence-corrected chi connectivity index (χ2v) is 8.20. The third kappa shape index (κ3) is 4.41. The number of halogens is 1. The summed E-state index contributed by atoms with van der Waals surface area (Å²) in [5.74, 6) is -1.66. The molecule has 0 unspecified atom stereocenters. The standard InChI is InChI=1S/C24H20FN5O5/c25-20-9-8-15(11-21(20)30(33)34)26-23(31)18-13-28(12-17-7-4-10-35-17)14-19-22(18)27-29(24(19)32)16-5-2-1-3-6-16/h1-3,5-6,8-9,11,13-14,17H,4,7,10,12H2,(H,26,31)/t17-/m1/s1.